The van der Waals surface area contributed by atoms with E-state index in [1.165, 1.54) is 6.42 Å². The number of fused-ring (bicyclic) bond motifs is 7. The SMILES string of the molecule is CCCC[C@@H]1ON2[C@@H]3[C@H]4CC[C@@](C)([C@@H]3O[C@H]2[C@H]1[N+](=O)[O-])C4(C)C. The van der Waals surface area contributed by atoms with Crippen molar-refractivity contribution in [2.24, 2.45) is 16.7 Å². The number of hydrogen-bond acceptors (Lipinski definition) is 5. The zero-order chi connectivity index (χ0) is 16.6. The number of unbranched alkanes of at least 4 members (excludes halogenated alkanes) is 1. The average molecular weight is 324 g/mol. The molecule has 23 heavy (non-hydrogen) atoms. The molecule has 0 radical (unpaired) electrons. The highest BCUT2D eigenvalue weighted by Crippen LogP contribution is 2.69. The van der Waals surface area contributed by atoms with E-state index < -0.39 is 12.3 Å². The van der Waals surface area contributed by atoms with Crippen LogP contribution >= 0.6 is 0 Å². The smallest absolute Gasteiger partial charge is 0.281 e. The monoisotopic (exact) mass is 324 g/mol. The largest absolute Gasteiger partial charge is 0.348 e. The van der Waals surface area contributed by atoms with E-state index >= 15 is 0 Å². The zero-order valence-corrected chi connectivity index (χ0v) is 14.5. The number of hydrogen-bond donors (Lipinski definition) is 0. The fourth-order valence-corrected chi connectivity index (χ4v) is 5.81. The standard InChI is InChI=1S/C17H28N2O4/c1-5-6-7-11-13(19(20)21)15-18(23-11)12-10-8-9-17(4,14(12)22-15)16(10,2)3/h10-15H,5-9H2,1-4H3/t10-,11+,12-,13+,14-,15+,17+/m1/s1. The Morgan fingerprint density at radius 2 is 2.09 bits per heavy atom. The van der Waals surface area contributed by atoms with Crippen molar-refractivity contribution >= 4 is 0 Å². The molecule has 2 saturated carbocycles. The molecular weight excluding hydrogens is 296 g/mol. The van der Waals surface area contributed by atoms with E-state index in [-0.39, 0.29) is 34.0 Å². The first kappa shape index (κ1) is 15.8. The van der Waals surface area contributed by atoms with E-state index in [0.717, 1.165) is 25.7 Å². The predicted molar refractivity (Wildman–Crippen MR) is 84.1 cm³/mol. The van der Waals surface area contributed by atoms with Crippen LogP contribution in [-0.4, -0.2) is 40.5 Å². The second-order valence-electron chi connectivity index (χ2n) is 8.64. The van der Waals surface area contributed by atoms with Crippen molar-refractivity contribution in [2.75, 3.05) is 0 Å². The lowest BCUT2D eigenvalue weighted by Gasteiger charge is -2.38. The Bertz CT molecular complexity index is 525. The quantitative estimate of drug-likeness (QED) is 0.587. The van der Waals surface area contributed by atoms with Crippen molar-refractivity contribution in [3.8, 4) is 0 Å². The first-order valence-corrected chi connectivity index (χ1v) is 9.07. The van der Waals surface area contributed by atoms with E-state index in [1.54, 1.807) is 0 Å². The van der Waals surface area contributed by atoms with Gasteiger partial charge in [-0.05, 0) is 30.6 Å². The van der Waals surface area contributed by atoms with Crippen LogP contribution in [0.5, 0.6) is 0 Å². The van der Waals surface area contributed by atoms with Crippen LogP contribution in [0.25, 0.3) is 0 Å². The maximum absolute atomic E-state index is 11.6. The van der Waals surface area contributed by atoms with Crippen LogP contribution in [-0.2, 0) is 9.57 Å². The molecular formula is C17H28N2O4. The molecule has 4 rings (SSSR count). The molecule has 0 amide bonds. The van der Waals surface area contributed by atoms with Crippen molar-refractivity contribution in [1.82, 2.24) is 5.06 Å². The summed E-state index contributed by atoms with van der Waals surface area (Å²) < 4.78 is 6.33. The second-order valence-corrected chi connectivity index (χ2v) is 8.64. The summed E-state index contributed by atoms with van der Waals surface area (Å²) in [5.41, 5.74) is 0.290. The van der Waals surface area contributed by atoms with Gasteiger partial charge in [0, 0.05) is 10.3 Å². The normalized spacial score (nSPS) is 50.3. The Morgan fingerprint density at radius 3 is 2.74 bits per heavy atom. The van der Waals surface area contributed by atoms with Gasteiger partial charge in [0.05, 0.1) is 12.1 Å². The lowest BCUT2D eigenvalue weighted by atomic mass is 9.70. The highest BCUT2D eigenvalue weighted by atomic mass is 16.8. The molecule has 4 aliphatic rings. The minimum absolute atomic E-state index is 0.0656. The number of nitro groups is 1. The molecule has 6 heteroatoms. The van der Waals surface area contributed by atoms with Gasteiger partial charge in [-0.2, -0.15) is 0 Å². The van der Waals surface area contributed by atoms with Gasteiger partial charge in [-0.1, -0.05) is 40.5 Å². The Hall–Kier alpha value is -0.720. The summed E-state index contributed by atoms with van der Waals surface area (Å²) in [5.74, 6) is 0.500. The molecule has 0 aromatic carbocycles. The molecule has 2 saturated heterocycles. The Labute approximate surface area is 137 Å². The van der Waals surface area contributed by atoms with Crippen molar-refractivity contribution < 1.29 is 14.5 Å². The van der Waals surface area contributed by atoms with Gasteiger partial charge < -0.3 is 4.74 Å². The van der Waals surface area contributed by atoms with Crippen LogP contribution in [0.2, 0.25) is 0 Å². The van der Waals surface area contributed by atoms with Crippen LogP contribution in [0.15, 0.2) is 0 Å². The van der Waals surface area contributed by atoms with E-state index in [4.69, 9.17) is 9.57 Å². The topological polar surface area (TPSA) is 64.8 Å². The van der Waals surface area contributed by atoms with Gasteiger partial charge in [0.25, 0.3) is 6.04 Å². The van der Waals surface area contributed by atoms with Crippen LogP contribution in [0.1, 0.15) is 59.8 Å². The summed E-state index contributed by atoms with van der Waals surface area (Å²) in [4.78, 5) is 17.6. The third-order valence-corrected chi connectivity index (χ3v) is 7.57. The van der Waals surface area contributed by atoms with Crippen LogP contribution in [0, 0.1) is 26.9 Å². The first-order valence-electron chi connectivity index (χ1n) is 9.07. The number of rotatable bonds is 4. The maximum Gasteiger partial charge on any atom is 0.281 e. The second kappa shape index (κ2) is 4.90. The van der Waals surface area contributed by atoms with Crippen molar-refractivity contribution in [1.29, 1.82) is 0 Å². The predicted octanol–water partition coefficient (Wildman–Crippen LogP) is 2.99. The van der Waals surface area contributed by atoms with Crippen molar-refractivity contribution in [2.45, 2.75) is 90.3 Å². The fraction of sp³-hybridized carbons (Fsp3) is 1.00. The third-order valence-electron chi connectivity index (χ3n) is 7.57. The average Bonchev–Trinajstić information content (AvgIpc) is 3.10. The Balaban J connectivity index is 1.63. The third kappa shape index (κ3) is 1.80. The van der Waals surface area contributed by atoms with E-state index in [2.05, 4.69) is 27.7 Å². The van der Waals surface area contributed by atoms with Gasteiger partial charge in [0.15, 0.2) is 6.10 Å². The molecule has 130 valence electrons. The Kier molecular flexibility index (Phi) is 3.36. The molecule has 0 aromatic heterocycles. The van der Waals surface area contributed by atoms with Gasteiger partial charge >= 0.3 is 0 Å². The summed E-state index contributed by atoms with van der Waals surface area (Å²) in [6.07, 6.45) is 4.25. The molecule has 6 nitrogen and oxygen atoms in total. The summed E-state index contributed by atoms with van der Waals surface area (Å²) in [7, 11) is 0. The van der Waals surface area contributed by atoms with Crippen LogP contribution in [0.4, 0.5) is 0 Å². The summed E-state index contributed by atoms with van der Waals surface area (Å²) in [6, 6.07) is -0.568. The molecule has 7 atom stereocenters. The van der Waals surface area contributed by atoms with Gasteiger partial charge in [0.2, 0.25) is 6.23 Å². The number of hydroxylamine groups is 2. The van der Waals surface area contributed by atoms with E-state index in [1.807, 2.05) is 5.06 Å². The van der Waals surface area contributed by atoms with Gasteiger partial charge in [0.1, 0.15) is 0 Å². The lowest BCUT2D eigenvalue weighted by molar-refractivity contribution is -0.538. The summed E-state index contributed by atoms with van der Waals surface area (Å²) >= 11 is 0. The molecule has 0 unspecified atom stereocenters. The number of ether oxygens (including phenoxy) is 1. The van der Waals surface area contributed by atoms with Gasteiger partial charge in [-0.15, -0.1) is 5.06 Å². The molecule has 2 bridgehead atoms. The van der Waals surface area contributed by atoms with Gasteiger partial charge in [-0.3, -0.25) is 15.0 Å². The fourth-order valence-electron chi connectivity index (χ4n) is 5.81. The summed E-state index contributed by atoms with van der Waals surface area (Å²) in [5, 5.41) is 13.5. The summed E-state index contributed by atoms with van der Waals surface area (Å²) in [6.45, 7) is 9.06. The molecule has 0 aromatic rings. The van der Waals surface area contributed by atoms with Crippen LogP contribution in [0.3, 0.4) is 0 Å². The minimum atomic E-state index is -0.752. The van der Waals surface area contributed by atoms with E-state index in [9.17, 15) is 10.1 Å². The maximum atomic E-state index is 11.6. The first-order chi connectivity index (χ1) is 10.8. The molecule has 0 spiro atoms. The highest BCUT2D eigenvalue weighted by molar-refractivity contribution is 5.20. The Morgan fingerprint density at radius 1 is 1.35 bits per heavy atom. The zero-order valence-electron chi connectivity index (χ0n) is 14.5. The number of nitrogens with zero attached hydrogens (tertiary/aromatic N) is 2. The van der Waals surface area contributed by atoms with Crippen molar-refractivity contribution in [3.63, 3.8) is 0 Å². The van der Waals surface area contributed by atoms with Crippen LogP contribution < -0.4 is 0 Å². The van der Waals surface area contributed by atoms with Crippen molar-refractivity contribution in [3.05, 3.63) is 10.1 Å². The van der Waals surface area contributed by atoms with E-state index in [0.29, 0.717) is 5.92 Å². The molecule has 2 aliphatic carbocycles. The molecule has 0 N–H and O–H groups in total. The highest BCUT2D eigenvalue weighted by Gasteiger charge is 2.75. The molecule has 2 heterocycles. The lowest BCUT2D eigenvalue weighted by Crippen LogP contribution is -2.43. The van der Waals surface area contributed by atoms with Gasteiger partial charge in [-0.25, -0.2) is 0 Å². The minimum Gasteiger partial charge on any atom is -0.348 e. The molecule has 2 aliphatic heterocycles. The molecule has 4 fully saturated rings.